The minimum Gasteiger partial charge on any atom is -0.511 e. The highest BCUT2D eigenvalue weighted by Crippen LogP contribution is 2.54. The highest BCUT2D eigenvalue weighted by Gasteiger charge is 2.55. The van der Waals surface area contributed by atoms with Gasteiger partial charge in [-0.3, -0.25) is 19.2 Å². The second-order valence-corrected chi connectivity index (χ2v) is 11.5. The molecule has 204 valence electrons. The van der Waals surface area contributed by atoms with E-state index in [9.17, 15) is 39.6 Å². The first-order valence-electron chi connectivity index (χ1n) is 12.8. The van der Waals surface area contributed by atoms with Crippen LogP contribution in [0.5, 0.6) is 17.2 Å². The van der Waals surface area contributed by atoms with E-state index in [4.69, 9.17) is 0 Å². The van der Waals surface area contributed by atoms with E-state index in [1.54, 1.807) is 0 Å². The van der Waals surface area contributed by atoms with Crippen LogP contribution in [0.4, 0.5) is 0 Å². The van der Waals surface area contributed by atoms with E-state index in [1.807, 2.05) is 20.8 Å². The number of hydrogen-bond donors (Lipinski definition) is 4. The fourth-order valence-electron chi connectivity index (χ4n) is 5.27. The van der Waals surface area contributed by atoms with Crippen molar-refractivity contribution in [2.45, 2.75) is 93.4 Å². The first-order chi connectivity index (χ1) is 16.9. The molecule has 8 nitrogen and oxygen atoms in total. The van der Waals surface area contributed by atoms with Gasteiger partial charge in [0.15, 0.2) is 23.1 Å². The molecule has 1 atom stereocenters. The molecule has 0 heterocycles. The molecule has 1 unspecified atom stereocenters. The second kappa shape index (κ2) is 10.7. The number of phenolic OH excluding ortho intramolecular Hbond substituents is 3. The molecular formula is C29H40O8. The van der Waals surface area contributed by atoms with Gasteiger partial charge in [0.05, 0.1) is 10.8 Å². The topological polar surface area (TPSA) is 149 Å². The van der Waals surface area contributed by atoms with E-state index < -0.39 is 74.0 Å². The van der Waals surface area contributed by atoms with Crippen LogP contribution in [0.1, 0.15) is 120 Å². The van der Waals surface area contributed by atoms with Crippen molar-refractivity contribution in [2.24, 2.45) is 16.7 Å². The largest absolute Gasteiger partial charge is 0.511 e. The summed E-state index contributed by atoms with van der Waals surface area (Å²) >= 11 is 0. The lowest BCUT2D eigenvalue weighted by atomic mass is 9.60. The van der Waals surface area contributed by atoms with E-state index in [1.165, 1.54) is 27.7 Å². The molecular weight excluding hydrogens is 476 g/mol. The molecule has 0 fully saturated rings. The maximum Gasteiger partial charge on any atom is 0.175 e. The first kappa shape index (κ1) is 30.1. The monoisotopic (exact) mass is 516 g/mol. The molecule has 0 bridgehead atoms. The van der Waals surface area contributed by atoms with Crippen molar-refractivity contribution < 1.29 is 39.6 Å². The van der Waals surface area contributed by atoms with Crippen molar-refractivity contribution in [1.29, 1.82) is 0 Å². The standard InChI is InChI=1S/C29H40O8/c1-9-10-11-12-17(31)21-23(33)18(15(4)30)22(32)19(24(21)34)16(13-14(2)3)20-25(35)28(5,6)27(37)29(7,8)26(20)36/h14,16,32-35H,9-13H2,1-8H3. The fourth-order valence-corrected chi connectivity index (χ4v) is 5.27. The molecule has 0 spiro atoms. The van der Waals surface area contributed by atoms with Gasteiger partial charge in [0, 0.05) is 23.5 Å². The highest BCUT2D eigenvalue weighted by molar-refractivity contribution is 6.19. The number of rotatable bonds is 10. The number of carbonyl (C=O) groups excluding carboxylic acids is 4. The maximum absolute atomic E-state index is 13.7. The molecule has 37 heavy (non-hydrogen) atoms. The summed E-state index contributed by atoms with van der Waals surface area (Å²) in [6, 6.07) is 0. The Morgan fingerprint density at radius 1 is 0.838 bits per heavy atom. The lowest BCUT2D eigenvalue weighted by molar-refractivity contribution is -0.144. The molecule has 2 rings (SSSR count). The quantitative estimate of drug-likeness (QED) is 0.170. The van der Waals surface area contributed by atoms with Crippen molar-refractivity contribution in [2.75, 3.05) is 0 Å². The molecule has 0 aliphatic heterocycles. The van der Waals surface area contributed by atoms with Crippen molar-refractivity contribution in [3.63, 3.8) is 0 Å². The van der Waals surface area contributed by atoms with E-state index in [2.05, 4.69) is 0 Å². The van der Waals surface area contributed by atoms with Crippen molar-refractivity contribution in [1.82, 2.24) is 0 Å². The average Bonchev–Trinajstić information content (AvgIpc) is 2.76. The maximum atomic E-state index is 13.7. The Morgan fingerprint density at radius 3 is 1.86 bits per heavy atom. The lowest BCUT2D eigenvalue weighted by Crippen LogP contribution is -2.49. The molecule has 0 radical (unpaired) electrons. The van der Waals surface area contributed by atoms with Crippen LogP contribution in [0.25, 0.3) is 0 Å². The number of benzene rings is 1. The number of carbonyl (C=O) groups is 4. The summed E-state index contributed by atoms with van der Waals surface area (Å²) in [7, 11) is 0. The Hall–Kier alpha value is -3.16. The Bertz CT molecular complexity index is 1170. The minimum absolute atomic E-state index is 0.00713. The van der Waals surface area contributed by atoms with Crippen LogP contribution in [0.2, 0.25) is 0 Å². The van der Waals surface area contributed by atoms with Crippen LogP contribution in [-0.2, 0) is 9.59 Å². The van der Waals surface area contributed by atoms with Crippen LogP contribution in [0.3, 0.4) is 0 Å². The summed E-state index contributed by atoms with van der Waals surface area (Å²) < 4.78 is 0. The number of aromatic hydroxyl groups is 3. The Morgan fingerprint density at radius 2 is 1.38 bits per heavy atom. The van der Waals surface area contributed by atoms with Gasteiger partial charge in [0.1, 0.15) is 34.1 Å². The van der Waals surface area contributed by atoms with Gasteiger partial charge in [0.2, 0.25) is 0 Å². The van der Waals surface area contributed by atoms with Crippen molar-refractivity contribution in [3.8, 4) is 17.2 Å². The Labute approximate surface area is 218 Å². The zero-order valence-electron chi connectivity index (χ0n) is 23.1. The smallest absolute Gasteiger partial charge is 0.175 e. The highest BCUT2D eigenvalue weighted by atomic mass is 16.3. The summed E-state index contributed by atoms with van der Waals surface area (Å²) in [6.45, 7) is 12.6. The third-order valence-corrected chi connectivity index (χ3v) is 7.29. The molecule has 1 aromatic rings. The van der Waals surface area contributed by atoms with Gasteiger partial charge >= 0.3 is 0 Å². The number of aliphatic hydroxyl groups is 1. The summed E-state index contributed by atoms with van der Waals surface area (Å²) in [5, 5.41) is 44.6. The van der Waals surface area contributed by atoms with Gasteiger partial charge in [-0.15, -0.1) is 0 Å². The van der Waals surface area contributed by atoms with Gasteiger partial charge in [-0.25, -0.2) is 0 Å². The van der Waals surface area contributed by atoms with Crippen molar-refractivity contribution in [3.05, 3.63) is 28.0 Å². The minimum atomic E-state index is -1.51. The van der Waals surface area contributed by atoms with Gasteiger partial charge in [-0.1, -0.05) is 33.6 Å². The van der Waals surface area contributed by atoms with E-state index in [-0.39, 0.29) is 29.9 Å². The molecule has 0 aromatic heterocycles. The molecule has 0 saturated carbocycles. The molecule has 4 N–H and O–H groups in total. The molecule has 0 saturated heterocycles. The molecule has 0 amide bonds. The van der Waals surface area contributed by atoms with Gasteiger partial charge in [-0.2, -0.15) is 0 Å². The van der Waals surface area contributed by atoms with Gasteiger partial charge in [0.25, 0.3) is 0 Å². The van der Waals surface area contributed by atoms with E-state index in [0.717, 1.165) is 19.8 Å². The van der Waals surface area contributed by atoms with E-state index >= 15 is 0 Å². The fraction of sp³-hybridized carbons (Fsp3) is 0.586. The SMILES string of the molecule is CCCCCC(=O)c1c(O)c(C(C)=O)c(O)c(C(CC(C)C)C2=C(O)C(C)(C)C(=O)C(C)(C)C2=O)c1O. The zero-order valence-corrected chi connectivity index (χ0v) is 23.1. The third-order valence-electron chi connectivity index (χ3n) is 7.29. The van der Waals surface area contributed by atoms with Crippen LogP contribution in [0, 0.1) is 16.7 Å². The summed E-state index contributed by atoms with van der Waals surface area (Å²) in [5.41, 5.74) is -4.46. The predicted octanol–water partition coefficient (Wildman–Crippen LogP) is 5.92. The van der Waals surface area contributed by atoms with Crippen LogP contribution in [0.15, 0.2) is 11.3 Å². The number of ketones is 4. The van der Waals surface area contributed by atoms with Gasteiger partial charge in [-0.05, 0) is 53.4 Å². The van der Waals surface area contributed by atoms with Crippen LogP contribution >= 0.6 is 0 Å². The Kier molecular flexibility index (Phi) is 8.68. The molecule has 1 aromatic carbocycles. The van der Waals surface area contributed by atoms with Crippen molar-refractivity contribution >= 4 is 23.1 Å². The predicted molar refractivity (Wildman–Crippen MR) is 139 cm³/mol. The number of hydrogen-bond acceptors (Lipinski definition) is 8. The number of unbranched alkanes of at least 4 members (excludes halogenated alkanes) is 2. The van der Waals surface area contributed by atoms with Crippen LogP contribution in [-0.4, -0.2) is 43.6 Å². The number of aliphatic hydroxyl groups excluding tert-OH is 1. The van der Waals surface area contributed by atoms with Crippen LogP contribution < -0.4 is 0 Å². The molecule has 1 aliphatic rings. The lowest BCUT2D eigenvalue weighted by Gasteiger charge is -2.41. The second-order valence-electron chi connectivity index (χ2n) is 11.5. The normalized spacial score (nSPS) is 17.9. The first-order valence-corrected chi connectivity index (χ1v) is 12.8. The number of Topliss-reactive ketones (excluding diaryl/α,β-unsaturated/α-hetero) is 4. The Balaban J connectivity index is 3.01. The summed E-state index contributed by atoms with van der Waals surface area (Å²) in [4.78, 5) is 52.4. The molecule has 8 heteroatoms. The molecule has 1 aliphatic carbocycles. The third kappa shape index (κ3) is 5.15. The van der Waals surface area contributed by atoms with Gasteiger partial charge < -0.3 is 20.4 Å². The number of allylic oxidation sites excluding steroid dienone is 2. The van der Waals surface area contributed by atoms with E-state index in [0.29, 0.717) is 6.42 Å². The zero-order chi connectivity index (χ0) is 28.6. The summed E-state index contributed by atoms with van der Waals surface area (Å²) in [6.07, 6.45) is 2.18. The average molecular weight is 517 g/mol. The number of phenols is 3. The summed E-state index contributed by atoms with van der Waals surface area (Å²) in [5.74, 6) is -6.63.